The summed E-state index contributed by atoms with van der Waals surface area (Å²) in [6, 6.07) is 21.7. The molecule has 1 N–H and O–H groups in total. The number of nitrogens with zero attached hydrogens (tertiary/aromatic N) is 4. The Morgan fingerprint density at radius 3 is 2.33 bits per heavy atom. The molecule has 1 saturated heterocycles. The van der Waals surface area contributed by atoms with Gasteiger partial charge in [0.15, 0.2) is 5.11 Å². The Balaban J connectivity index is 1.67. The van der Waals surface area contributed by atoms with Gasteiger partial charge in [-0.3, -0.25) is 4.98 Å². The molecule has 0 spiro atoms. The maximum absolute atomic E-state index is 13.6. The highest BCUT2D eigenvalue weighted by atomic mass is 32.1. The van der Waals surface area contributed by atoms with E-state index in [2.05, 4.69) is 21.4 Å². The van der Waals surface area contributed by atoms with Crippen molar-refractivity contribution in [3.63, 3.8) is 0 Å². The average molecular weight is 415 g/mol. The van der Waals surface area contributed by atoms with Crippen LogP contribution in [0.3, 0.4) is 0 Å². The van der Waals surface area contributed by atoms with Crippen LogP contribution in [0.1, 0.15) is 23.5 Å². The number of pyridine rings is 2. The predicted octanol–water partition coefficient (Wildman–Crippen LogP) is 4.58. The fraction of sp³-hybridized carbons (Fsp3) is 0.0870. The summed E-state index contributed by atoms with van der Waals surface area (Å²) in [7, 11) is 0. The smallest absolute Gasteiger partial charge is 0.174 e. The molecular weight excluding hydrogens is 397 g/mol. The number of hydrogen-bond acceptors (Lipinski definition) is 3. The third-order valence-corrected chi connectivity index (χ3v) is 5.50. The predicted molar refractivity (Wildman–Crippen MR) is 118 cm³/mol. The van der Waals surface area contributed by atoms with E-state index in [1.807, 2.05) is 58.1 Å². The summed E-state index contributed by atoms with van der Waals surface area (Å²) in [5, 5.41) is 3.98. The van der Waals surface area contributed by atoms with Crippen molar-refractivity contribution in [1.82, 2.24) is 19.9 Å². The maximum atomic E-state index is 13.6. The number of anilines is 1. The van der Waals surface area contributed by atoms with Crippen molar-refractivity contribution in [3.8, 4) is 5.82 Å². The van der Waals surface area contributed by atoms with Crippen LogP contribution in [0.4, 0.5) is 10.1 Å². The van der Waals surface area contributed by atoms with Gasteiger partial charge in [-0.2, -0.15) is 0 Å². The quantitative estimate of drug-likeness (QED) is 0.494. The lowest BCUT2D eigenvalue weighted by Gasteiger charge is -2.28. The molecule has 0 unspecified atom stereocenters. The van der Waals surface area contributed by atoms with Gasteiger partial charge in [-0.05, 0) is 72.9 Å². The molecule has 5 rings (SSSR count). The lowest BCUT2D eigenvalue weighted by atomic mass is 10.0. The van der Waals surface area contributed by atoms with Crippen LogP contribution in [0, 0.1) is 5.82 Å². The number of rotatable bonds is 4. The van der Waals surface area contributed by atoms with E-state index in [-0.39, 0.29) is 17.9 Å². The second-order valence-corrected chi connectivity index (χ2v) is 7.35. The second kappa shape index (κ2) is 7.68. The lowest BCUT2D eigenvalue weighted by molar-refractivity contribution is 0.548. The molecule has 0 radical (unpaired) electrons. The van der Waals surface area contributed by atoms with E-state index in [0.29, 0.717) is 5.11 Å². The van der Waals surface area contributed by atoms with Gasteiger partial charge in [0.2, 0.25) is 0 Å². The Bertz CT molecular complexity index is 1160. The number of halogens is 1. The molecule has 0 saturated carbocycles. The third kappa shape index (κ3) is 3.23. The fourth-order valence-electron chi connectivity index (χ4n) is 3.88. The summed E-state index contributed by atoms with van der Waals surface area (Å²) < 4.78 is 15.6. The van der Waals surface area contributed by atoms with E-state index in [9.17, 15) is 4.39 Å². The zero-order valence-corrected chi connectivity index (χ0v) is 16.7. The van der Waals surface area contributed by atoms with Gasteiger partial charge in [-0.25, -0.2) is 9.37 Å². The standard InChI is InChI=1S/C23H18FN5S/c24-16-9-11-17(12-10-16)29-22(21(27-23(29)30)18-6-1-3-13-25-18)19-7-5-15-28(19)20-8-2-4-14-26-20/h1-15,21-22H,(H,27,30)/t21-,22-/m0/s1. The van der Waals surface area contributed by atoms with E-state index in [1.54, 1.807) is 24.5 Å². The summed E-state index contributed by atoms with van der Waals surface area (Å²) in [4.78, 5) is 11.1. The lowest BCUT2D eigenvalue weighted by Crippen LogP contribution is -2.30. The molecule has 3 aromatic heterocycles. The molecule has 1 aromatic carbocycles. The first-order valence-electron chi connectivity index (χ1n) is 9.57. The van der Waals surface area contributed by atoms with Gasteiger partial charge in [-0.15, -0.1) is 0 Å². The van der Waals surface area contributed by atoms with Crippen molar-refractivity contribution < 1.29 is 4.39 Å². The molecule has 0 bridgehead atoms. The van der Waals surface area contributed by atoms with Crippen LogP contribution in [-0.2, 0) is 0 Å². The Labute approximate surface area is 178 Å². The first-order chi connectivity index (χ1) is 14.7. The number of thiocarbonyl (C=S) groups is 1. The van der Waals surface area contributed by atoms with Gasteiger partial charge < -0.3 is 14.8 Å². The molecule has 7 heteroatoms. The van der Waals surface area contributed by atoms with Crippen LogP contribution in [0.5, 0.6) is 0 Å². The summed E-state index contributed by atoms with van der Waals surface area (Å²) >= 11 is 5.71. The second-order valence-electron chi connectivity index (χ2n) is 6.96. The molecule has 4 heterocycles. The minimum Gasteiger partial charge on any atom is -0.351 e. The molecule has 0 aliphatic carbocycles. The van der Waals surface area contributed by atoms with Crippen LogP contribution >= 0.6 is 12.2 Å². The van der Waals surface area contributed by atoms with Crippen molar-refractivity contribution in [3.05, 3.63) is 109 Å². The average Bonchev–Trinajstić information content (AvgIpc) is 3.40. The monoisotopic (exact) mass is 415 g/mol. The van der Waals surface area contributed by atoms with E-state index in [4.69, 9.17) is 12.2 Å². The van der Waals surface area contributed by atoms with Crippen molar-refractivity contribution in [2.75, 3.05) is 4.90 Å². The normalized spacial score (nSPS) is 18.4. The summed E-state index contributed by atoms with van der Waals surface area (Å²) in [6.07, 6.45) is 5.53. The van der Waals surface area contributed by atoms with Gasteiger partial charge in [-0.1, -0.05) is 12.1 Å². The number of aromatic nitrogens is 3. The van der Waals surface area contributed by atoms with Crippen LogP contribution in [-0.4, -0.2) is 19.6 Å². The minimum atomic E-state index is -0.286. The fourth-order valence-corrected chi connectivity index (χ4v) is 4.22. The number of benzene rings is 1. The van der Waals surface area contributed by atoms with Gasteiger partial charge in [0.05, 0.1) is 11.7 Å². The first kappa shape index (κ1) is 18.4. The highest BCUT2D eigenvalue weighted by molar-refractivity contribution is 7.80. The Hall–Kier alpha value is -3.58. The van der Waals surface area contributed by atoms with Gasteiger partial charge in [0.25, 0.3) is 0 Å². The third-order valence-electron chi connectivity index (χ3n) is 5.18. The van der Waals surface area contributed by atoms with Gasteiger partial charge >= 0.3 is 0 Å². The Morgan fingerprint density at radius 1 is 0.867 bits per heavy atom. The number of nitrogens with one attached hydrogen (secondary N) is 1. The van der Waals surface area contributed by atoms with Crippen molar-refractivity contribution in [2.24, 2.45) is 0 Å². The topological polar surface area (TPSA) is 46.0 Å². The van der Waals surface area contributed by atoms with Gasteiger partial charge in [0, 0.05) is 30.0 Å². The molecule has 5 nitrogen and oxygen atoms in total. The van der Waals surface area contributed by atoms with E-state index in [1.165, 1.54) is 12.1 Å². The Morgan fingerprint density at radius 2 is 1.63 bits per heavy atom. The summed E-state index contributed by atoms with van der Waals surface area (Å²) in [5.41, 5.74) is 2.69. The molecule has 0 amide bonds. The van der Waals surface area contributed by atoms with E-state index in [0.717, 1.165) is 22.9 Å². The van der Waals surface area contributed by atoms with E-state index < -0.39 is 0 Å². The zero-order chi connectivity index (χ0) is 20.5. The minimum absolute atomic E-state index is 0.180. The van der Waals surface area contributed by atoms with Crippen LogP contribution in [0.25, 0.3) is 5.82 Å². The van der Waals surface area contributed by atoms with Crippen LogP contribution in [0.15, 0.2) is 91.4 Å². The molecule has 1 fully saturated rings. The van der Waals surface area contributed by atoms with Crippen LogP contribution in [0.2, 0.25) is 0 Å². The summed E-state index contributed by atoms with van der Waals surface area (Å²) in [5.74, 6) is 0.528. The molecular formula is C23H18FN5S. The molecule has 148 valence electrons. The van der Waals surface area contributed by atoms with E-state index >= 15 is 0 Å². The summed E-state index contributed by atoms with van der Waals surface area (Å²) in [6.45, 7) is 0. The molecule has 1 aliphatic rings. The highest BCUT2D eigenvalue weighted by Crippen LogP contribution is 2.42. The van der Waals surface area contributed by atoms with Gasteiger partial charge in [0.1, 0.15) is 17.7 Å². The zero-order valence-electron chi connectivity index (χ0n) is 15.9. The van der Waals surface area contributed by atoms with Crippen molar-refractivity contribution in [1.29, 1.82) is 0 Å². The largest absolute Gasteiger partial charge is 0.351 e. The molecule has 30 heavy (non-hydrogen) atoms. The molecule has 2 atom stereocenters. The highest BCUT2D eigenvalue weighted by Gasteiger charge is 2.42. The molecule has 1 aliphatic heterocycles. The van der Waals surface area contributed by atoms with Crippen LogP contribution < -0.4 is 10.2 Å². The maximum Gasteiger partial charge on any atom is 0.174 e. The van der Waals surface area contributed by atoms with Crippen molar-refractivity contribution in [2.45, 2.75) is 12.1 Å². The Kier molecular flexibility index (Phi) is 4.72. The SMILES string of the molecule is Fc1ccc(N2C(=S)N[C@@H](c3ccccn3)[C@@H]2c2cccn2-c2ccccn2)cc1. The number of hydrogen-bond donors (Lipinski definition) is 1. The molecule has 4 aromatic rings. The van der Waals surface area contributed by atoms with Crippen molar-refractivity contribution >= 4 is 23.0 Å². The first-order valence-corrected chi connectivity index (χ1v) is 9.98.